The van der Waals surface area contributed by atoms with Crippen LogP contribution >= 0.6 is 23.2 Å². The Morgan fingerprint density at radius 2 is 1.67 bits per heavy atom. The van der Waals surface area contributed by atoms with E-state index in [1.54, 1.807) is 0 Å². The predicted octanol–water partition coefficient (Wildman–Crippen LogP) is 4.07. The molecule has 0 atom stereocenters. The van der Waals surface area contributed by atoms with Crippen molar-refractivity contribution >= 4 is 44.5 Å². The Morgan fingerprint density at radius 3 is 2.21 bits per heavy atom. The number of ketones is 1. The lowest BCUT2D eigenvalue weighted by Crippen LogP contribution is -2.00. The second kappa shape index (κ2) is 7.12. The number of sulfone groups is 1. The van der Waals surface area contributed by atoms with Crippen LogP contribution < -0.4 is 0 Å². The van der Waals surface area contributed by atoms with Crippen molar-refractivity contribution in [2.45, 2.75) is 4.90 Å². The first-order valence-electron chi connectivity index (χ1n) is 6.38. The second-order valence-corrected chi connectivity index (χ2v) is 7.24. The van der Waals surface area contributed by atoms with Gasteiger partial charge in [-0.3, -0.25) is 14.9 Å². The molecule has 0 bridgehead atoms. The summed E-state index contributed by atoms with van der Waals surface area (Å²) in [5, 5.41) is 11.6. The zero-order valence-electron chi connectivity index (χ0n) is 11.8. The van der Waals surface area contributed by atoms with Crippen LogP contribution in [0.1, 0.15) is 10.4 Å². The van der Waals surface area contributed by atoms with Crippen molar-refractivity contribution in [3.05, 3.63) is 79.7 Å². The molecule has 0 radical (unpaired) electrons. The molecular weight excluding hydrogens is 377 g/mol. The van der Waals surface area contributed by atoms with Crippen LogP contribution in [0.15, 0.2) is 58.8 Å². The Hall–Kier alpha value is -2.22. The Kier molecular flexibility index (Phi) is 5.38. The number of allylic oxidation sites excluding steroid dienone is 1. The maximum atomic E-state index is 12.1. The highest BCUT2D eigenvalue weighted by atomic mass is 35.5. The van der Waals surface area contributed by atoms with Crippen LogP contribution in [0.25, 0.3) is 0 Å². The first kappa shape index (κ1) is 18.1. The number of benzene rings is 2. The number of nitro groups is 1. The Bertz CT molecular complexity index is 937. The van der Waals surface area contributed by atoms with Crippen molar-refractivity contribution in [1.29, 1.82) is 0 Å². The average molecular weight is 386 g/mol. The summed E-state index contributed by atoms with van der Waals surface area (Å²) in [6, 6.07) is 8.60. The number of carbonyl (C=O) groups is 1. The molecule has 0 heterocycles. The van der Waals surface area contributed by atoms with Crippen LogP contribution in [0, 0.1) is 10.1 Å². The lowest BCUT2D eigenvalue weighted by atomic mass is 10.1. The zero-order valence-corrected chi connectivity index (χ0v) is 14.2. The van der Waals surface area contributed by atoms with Gasteiger partial charge in [-0.15, -0.1) is 0 Å². The fourth-order valence-corrected chi connectivity index (χ4v) is 3.09. The number of nitrogens with zero attached hydrogens (tertiary/aromatic N) is 1. The number of non-ortho nitro benzene ring substituents is 1. The van der Waals surface area contributed by atoms with E-state index in [0.29, 0.717) is 0 Å². The fraction of sp³-hybridized carbons (Fsp3) is 0. The molecule has 9 heteroatoms. The van der Waals surface area contributed by atoms with E-state index >= 15 is 0 Å². The molecule has 2 rings (SSSR count). The molecule has 0 unspecified atom stereocenters. The number of hydrogen-bond acceptors (Lipinski definition) is 5. The molecule has 0 aliphatic rings. The molecule has 0 aliphatic carbocycles. The molecule has 2 aromatic rings. The molecule has 0 spiro atoms. The van der Waals surface area contributed by atoms with Gasteiger partial charge in [0.15, 0.2) is 15.6 Å². The van der Waals surface area contributed by atoms with Crippen molar-refractivity contribution in [3.8, 4) is 0 Å². The Labute approximate surface area is 147 Å². The summed E-state index contributed by atoms with van der Waals surface area (Å²) in [5.74, 6) is -0.603. The minimum atomic E-state index is -3.88. The lowest BCUT2D eigenvalue weighted by Gasteiger charge is -2.01. The van der Waals surface area contributed by atoms with Gasteiger partial charge in [-0.25, -0.2) is 8.42 Å². The molecule has 124 valence electrons. The van der Waals surface area contributed by atoms with Crippen LogP contribution in [0.4, 0.5) is 5.69 Å². The van der Waals surface area contributed by atoms with Crippen molar-refractivity contribution in [3.63, 3.8) is 0 Å². The summed E-state index contributed by atoms with van der Waals surface area (Å²) in [6.45, 7) is 0. The number of halogens is 2. The highest BCUT2D eigenvalue weighted by molar-refractivity contribution is 7.94. The smallest absolute Gasteiger partial charge is 0.269 e. The highest BCUT2D eigenvalue weighted by Gasteiger charge is 2.14. The van der Waals surface area contributed by atoms with Crippen molar-refractivity contribution in [2.24, 2.45) is 0 Å². The summed E-state index contributed by atoms with van der Waals surface area (Å²) in [6.07, 6.45) is 0.874. The van der Waals surface area contributed by atoms with Gasteiger partial charge in [0, 0.05) is 23.1 Å². The molecule has 0 saturated carbocycles. The highest BCUT2D eigenvalue weighted by Crippen LogP contribution is 2.25. The maximum absolute atomic E-state index is 12.1. The van der Waals surface area contributed by atoms with Gasteiger partial charge in [0.05, 0.1) is 19.9 Å². The largest absolute Gasteiger partial charge is 0.289 e. The third-order valence-corrected chi connectivity index (χ3v) is 5.13. The van der Waals surface area contributed by atoms with Gasteiger partial charge in [0.1, 0.15) is 0 Å². The molecule has 24 heavy (non-hydrogen) atoms. The maximum Gasteiger partial charge on any atom is 0.269 e. The second-order valence-electron chi connectivity index (χ2n) is 4.59. The van der Waals surface area contributed by atoms with Crippen LogP contribution in [-0.4, -0.2) is 19.1 Å². The molecule has 0 N–H and O–H groups in total. The van der Waals surface area contributed by atoms with Crippen LogP contribution in [0.5, 0.6) is 0 Å². The molecule has 0 aromatic heterocycles. The molecule has 0 aliphatic heterocycles. The lowest BCUT2D eigenvalue weighted by molar-refractivity contribution is -0.384. The van der Waals surface area contributed by atoms with E-state index in [9.17, 15) is 23.3 Å². The molecule has 0 saturated heterocycles. The number of nitro benzene ring substituents is 1. The van der Waals surface area contributed by atoms with Gasteiger partial charge in [-0.05, 0) is 36.4 Å². The van der Waals surface area contributed by atoms with E-state index in [4.69, 9.17) is 23.2 Å². The summed E-state index contributed by atoms with van der Waals surface area (Å²) in [7, 11) is -3.88. The van der Waals surface area contributed by atoms with Gasteiger partial charge < -0.3 is 0 Å². The van der Waals surface area contributed by atoms with E-state index in [-0.39, 0.29) is 26.2 Å². The third kappa shape index (κ3) is 4.19. The number of carbonyl (C=O) groups excluding carboxylic acids is 1. The first-order chi connectivity index (χ1) is 11.2. The number of hydrogen-bond donors (Lipinski definition) is 0. The quantitative estimate of drug-likeness (QED) is 0.334. The van der Waals surface area contributed by atoms with Crippen LogP contribution in [0.2, 0.25) is 10.0 Å². The molecule has 6 nitrogen and oxygen atoms in total. The summed E-state index contributed by atoms with van der Waals surface area (Å²) in [5.41, 5.74) is -0.0415. The fourth-order valence-electron chi connectivity index (χ4n) is 1.73. The van der Waals surface area contributed by atoms with Crippen molar-refractivity contribution in [1.82, 2.24) is 0 Å². The molecule has 2 aromatic carbocycles. The van der Waals surface area contributed by atoms with Crippen molar-refractivity contribution in [2.75, 3.05) is 0 Å². The first-order valence-corrected chi connectivity index (χ1v) is 8.68. The third-order valence-electron chi connectivity index (χ3n) is 2.98. The minimum Gasteiger partial charge on any atom is -0.289 e. The topological polar surface area (TPSA) is 94.3 Å². The zero-order chi connectivity index (χ0) is 17.9. The van der Waals surface area contributed by atoms with E-state index in [1.165, 1.54) is 30.3 Å². The summed E-state index contributed by atoms with van der Waals surface area (Å²) in [4.78, 5) is 21.8. The predicted molar refractivity (Wildman–Crippen MR) is 90.2 cm³/mol. The van der Waals surface area contributed by atoms with Gasteiger partial charge in [-0.2, -0.15) is 0 Å². The average Bonchev–Trinajstić information content (AvgIpc) is 2.55. The van der Waals surface area contributed by atoms with E-state index in [0.717, 1.165) is 23.6 Å². The van der Waals surface area contributed by atoms with E-state index < -0.39 is 20.5 Å². The van der Waals surface area contributed by atoms with Gasteiger partial charge in [0.2, 0.25) is 0 Å². The Balaban J connectivity index is 2.23. The van der Waals surface area contributed by atoms with Crippen LogP contribution in [-0.2, 0) is 9.84 Å². The molecule has 0 amide bonds. The molecular formula is C15H9Cl2NO5S. The summed E-state index contributed by atoms with van der Waals surface area (Å²) < 4.78 is 24.3. The van der Waals surface area contributed by atoms with E-state index in [2.05, 4.69) is 0 Å². The molecule has 0 fully saturated rings. The van der Waals surface area contributed by atoms with E-state index in [1.807, 2.05) is 0 Å². The monoisotopic (exact) mass is 385 g/mol. The normalized spacial score (nSPS) is 11.6. The van der Waals surface area contributed by atoms with Crippen molar-refractivity contribution < 1.29 is 18.1 Å². The standard InChI is InChI=1S/C15H9Cl2NO5S/c16-13-6-5-12(9-14(13)17)24(22,23)8-7-15(19)10-1-3-11(4-2-10)18(20)21/h1-9H/b8-7+. The number of rotatable bonds is 5. The summed E-state index contributed by atoms with van der Waals surface area (Å²) >= 11 is 11.5. The van der Waals surface area contributed by atoms with Gasteiger partial charge >= 0.3 is 0 Å². The van der Waals surface area contributed by atoms with Gasteiger partial charge in [-0.1, -0.05) is 23.2 Å². The van der Waals surface area contributed by atoms with Crippen LogP contribution in [0.3, 0.4) is 0 Å². The SMILES string of the molecule is O=C(/C=C/S(=O)(=O)c1ccc(Cl)c(Cl)c1)c1ccc([N+](=O)[O-])cc1. The van der Waals surface area contributed by atoms with Gasteiger partial charge in [0.25, 0.3) is 5.69 Å². The minimum absolute atomic E-state index is 0.0767. The Morgan fingerprint density at radius 1 is 1.04 bits per heavy atom.